The summed E-state index contributed by atoms with van der Waals surface area (Å²) in [5, 5.41) is 29.3. The third kappa shape index (κ3) is 5.64. The van der Waals surface area contributed by atoms with E-state index in [1.165, 1.54) is 12.1 Å². The van der Waals surface area contributed by atoms with Gasteiger partial charge < -0.3 is 20.1 Å². The van der Waals surface area contributed by atoms with Gasteiger partial charge in [0, 0.05) is 24.0 Å². The number of rotatable bonds is 8. The third-order valence-corrected chi connectivity index (χ3v) is 6.21. The molecule has 0 amide bonds. The van der Waals surface area contributed by atoms with Gasteiger partial charge in [-0.3, -0.25) is 9.78 Å². The number of pyridine rings is 1. The van der Waals surface area contributed by atoms with Crippen molar-refractivity contribution in [2.24, 2.45) is 0 Å². The van der Waals surface area contributed by atoms with Crippen molar-refractivity contribution < 1.29 is 29.2 Å². The van der Waals surface area contributed by atoms with Crippen molar-refractivity contribution in [2.75, 3.05) is 6.61 Å². The Morgan fingerprint density at radius 3 is 2.56 bits per heavy atom. The molecule has 0 saturated heterocycles. The number of ether oxygens (including phenoxy) is 1. The first-order chi connectivity index (χ1) is 17.2. The lowest BCUT2D eigenvalue weighted by Crippen LogP contribution is -2.19. The number of aliphatic hydroxyl groups excluding tert-OH is 2. The van der Waals surface area contributed by atoms with E-state index in [-0.39, 0.29) is 18.2 Å². The van der Waals surface area contributed by atoms with E-state index in [9.17, 15) is 19.4 Å². The van der Waals surface area contributed by atoms with Crippen molar-refractivity contribution in [1.29, 1.82) is 0 Å². The summed E-state index contributed by atoms with van der Waals surface area (Å²) in [5.41, 5.74) is 5.98. The van der Waals surface area contributed by atoms with Crippen LogP contribution in [0.4, 0.5) is 4.39 Å². The topological polar surface area (TPSA) is 99.9 Å². The van der Waals surface area contributed by atoms with Crippen LogP contribution in [0.3, 0.4) is 0 Å². The van der Waals surface area contributed by atoms with Crippen LogP contribution in [0.5, 0.6) is 5.75 Å². The molecule has 7 heteroatoms. The highest BCUT2D eigenvalue weighted by molar-refractivity contribution is 5.86. The molecule has 1 aliphatic rings. The standard InChI is InChI=1S/C29H30FNO5/c1-17(2)28-23(12-11-20(32)15-21(33)16-26(34)35)27(18-7-9-19(30)10-8-18)24-13-14-36-25-6-4-3-5-22(25)29(24)31-28/h3-12,17,20-21,32-33H,13-16H2,1-2H3,(H,34,35)/b12-11+/t20-,21-/m1/s1. The van der Waals surface area contributed by atoms with Crippen LogP contribution in [0.1, 0.15) is 49.4 Å². The van der Waals surface area contributed by atoms with Crippen molar-refractivity contribution in [3.05, 3.63) is 77.2 Å². The number of benzene rings is 2. The van der Waals surface area contributed by atoms with Crippen LogP contribution in [0.25, 0.3) is 28.5 Å². The summed E-state index contributed by atoms with van der Waals surface area (Å²) < 4.78 is 19.9. The van der Waals surface area contributed by atoms with Gasteiger partial charge in [0.05, 0.1) is 36.6 Å². The first-order valence-corrected chi connectivity index (χ1v) is 12.1. The smallest absolute Gasteiger partial charge is 0.305 e. The van der Waals surface area contributed by atoms with Crippen LogP contribution in [0.2, 0.25) is 0 Å². The number of hydrogen-bond acceptors (Lipinski definition) is 5. The number of aliphatic carboxylic acids is 1. The normalized spacial score (nSPS) is 14.6. The van der Waals surface area contributed by atoms with E-state index < -0.39 is 24.6 Å². The number of nitrogens with zero attached hydrogens (tertiary/aromatic N) is 1. The number of hydrogen-bond donors (Lipinski definition) is 3. The van der Waals surface area contributed by atoms with E-state index in [1.54, 1.807) is 24.3 Å². The fourth-order valence-corrected chi connectivity index (χ4v) is 4.58. The Bertz CT molecular complexity index is 1270. The molecule has 0 spiro atoms. The first kappa shape index (κ1) is 25.5. The van der Waals surface area contributed by atoms with Gasteiger partial charge in [-0.25, -0.2) is 4.39 Å². The molecule has 1 aliphatic heterocycles. The van der Waals surface area contributed by atoms with Crippen molar-refractivity contribution in [3.8, 4) is 28.1 Å². The molecular formula is C29H30FNO5. The quantitative estimate of drug-likeness (QED) is 0.400. The number of carboxylic acids is 1. The Balaban J connectivity index is 1.90. The lowest BCUT2D eigenvalue weighted by molar-refractivity contribution is -0.139. The molecule has 0 bridgehead atoms. The summed E-state index contributed by atoms with van der Waals surface area (Å²) in [4.78, 5) is 15.9. The van der Waals surface area contributed by atoms with Gasteiger partial charge in [-0.05, 0) is 46.9 Å². The van der Waals surface area contributed by atoms with Crippen molar-refractivity contribution >= 4 is 12.0 Å². The maximum absolute atomic E-state index is 13.8. The fourth-order valence-electron chi connectivity index (χ4n) is 4.58. The molecule has 0 unspecified atom stereocenters. The zero-order valence-electron chi connectivity index (χ0n) is 20.3. The van der Waals surface area contributed by atoms with Crippen LogP contribution >= 0.6 is 0 Å². The molecule has 36 heavy (non-hydrogen) atoms. The van der Waals surface area contributed by atoms with Crippen LogP contribution in [0, 0.1) is 5.82 Å². The molecule has 0 radical (unpaired) electrons. The summed E-state index contributed by atoms with van der Waals surface area (Å²) >= 11 is 0. The number of aliphatic hydroxyl groups is 2. The summed E-state index contributed by atoms with van der Waals surface area (Å²) in [6, 6.07) is 14.1. The molecule has 2 atom stereocenters. The Labute approximate surface area is 209 Å². The summed E-state index contributed by atoms with van der Waals surface area (Å²) in [6.07, 6.45) is 1.15. The highest BCUT2D eigenvalue weighted by Gasteiger charge is 2.25. The second-order valence-electron chi connectivity index (χ2n) is 9.28. The van der Waals surface area contributed by atoms with Crippen LogP contribution in [0.15, 0.2) is 54.6 Å². The predicted octanol–water partition coefficient (Wildman–Crippen LogP) is 5.21. The van der Waals surface area contributed by atoms with Crippen molar-refractivity contribution in [3.63, 3.8) is 0 Å². The van der Waals surface area contributed by atoms with E-state index in [1.807, 2.05) is 38.1 Å². The highest BCUT2D eigenvalue weighted by atomic mass is 19.1. The number of halogens is 1. The molecule has 188 valence electrons. The minimum Gasteiger partial charge on any atom is -0.493 e. The monoisotopic (exact) mass is 491 g/mol. The maximum atomic E-state index is 13.8. The van der Waals surface area contributed by atoms with Gasteiger partial charge in [-0.1, -0.05) is 50.3 Å². The predicted molar refractivity (Wildman–Crippen MR) is 136 cm³/mol. The van der Waals surface area contributed by atoms with Crippen LogP contribution in [-0.2, 0) is 11.2 Å². The van der Waals surface area contributed by atoms with Gasteiger partial charge in [0.25, 0.3) is 0 Å². The minimum atomic E-state index is -1.16. The highest BCUT2D eigenvalue weighted by Crippen LogP contribution is 2.42. The second kappa shape index (κ2) is 11.0. The summed E-state index contributed by atoms with van der Waals surface area (Å²) in [6.45, 7) is 4.52. The zero-order valence-corrected chi connectivity index (χ0v) is 20.3. The molecule has 2 heterocycles. The van der Waals surface area contributed by atoms with Gasteiger partial charge in [0.15, 0.2) is 0 Å². The SMILES string of the molecule is CC(C)c1nc2c(c(-c3ccc(F)cc3)c1/C=C/[C@@H](O)C[C@@H](O)CC(=O)O)CCOc1ccccc1-2. The average Bonchev–Trinajstić information content (AvgIpc) is 3.01. The van der Waals surface area contributed by atoms with Gasteiger partial charge in [0.2, 0.25) is 0 Å². The van der Waals surface area contributed by atoms with E-state index in [4.69, 9.17) is 14.8 Å². The Morgan fingerprint density at radius 1 is 1.14 bits per heavy atom. The summed E-state index contributed by atoms with van der Waals surface area (Å²) in [5.74, 6) is -0.678. The van der Waals surface area contributed by atoms with Gasteiger partial charge >= 0.3 is 5.97 Å². The van der Waals surface area contributed by atoms with Gasteiger partial charge in [0.1, 0.15) is 11.6 Å². The molecule has 3 N–H and O–H groups in total. The van der Waals surface area contributed by atoms with E-state index >= 15 is 0 Å². The molecular weight excluding hydrogens is 461 g/mol. The number of aromatic nitrogens is 1. The second-order valence-corrected chi connectivity index (χ2v) is 9.28. The molecule has 0 fully saturated rings. The third-order valence-electron chi connectivity index (χ3n) is 6.21. The number of fused-ring (bicyclic) bond motifs is 3. The van der Waals surface area contributed by atoms with Crippen molar-refractivity contribution in [2.45, 2.75) is 51.2 Å². The molecule has 6 nitrogen and oxygen atoms in total. The van der Waals surface area contributed by atoms with Crippen LogP contribution in [-0.4, -0.2) is 45.1 Å². The van der Waals surface area contributed by atoms with Gasteiger partial charge in [-0.2, -0.15) is 0 Å². The lowest BCUT2D eigenvalue weighted by atomic mass is 9.86. The molecule has 0 aliphatic carbocycles. The van der Waals surface area contributed by atoms with Crippen LogP contribution < -0.4 is 4.74 Å². The van der Waals surface area contributed by atoms with E-state index in [0.29, 0.717) is 13.0 Å². The lowest BCUT2D eigenvalue weighted by Gasteiger charge is -2.21. The molecule has 2 aromatic carbocycles. The van der Waals surface area contributed by atoms with E-state index in [0.717, 1.165) is 45.0 Å². The Hall–Kier alpha value is -3.55. The minimum absolute atomic E-state index is 0.0280. The average molecular weight is 492 g/mol. The molecule has 4 rings (SSSR count). The van der Waals surface area contributed by atoms with Crippen molar-refractivity contribution in [1.82, 2.24) is 4.98 Å². The Kier molecular flexibility index (Phi) is 7.82. The Morgan fingerprint density at radius 2 is 1.86 bits per heavy atom. The molecule has 3 aromatic rings. The van der Waals surface area contributed by atoms with Gasteiger partial charge in [-0.15, -0.1) is 0 Å². The number of carboxylic acid groups (broad SMARTS) is 1. The molecule has 0 saturated carbocycles. The fraction of sp³-hybridized carbons (Fsp3) is 0.310. The molecule has 1 aromatic heterocycles. The first-order valence-electron chi connectivity index (χ1n) is 12.1. The summed E-state index contributed by atoms with van der Waals surface area (Å²) in [7, 11) is 0. The number of carbonyl (C=O) groups is 1. The largest absolute Gasteiger partial charge is 0.493 e. The van der Waals surface area contributed by atoms with E-state index in [2.05, 4.69) is 0 Å². The maximum Gasteiger partial charge on any atom is 0.305 e. The zero-order chi connectivity index (χ0) is 25.8. The number of para-hydroxylation sites is 1.